The molecule has 0 radical (unpaired) electrons. The lowest BCUT2D eigenvalue weighted by atomic mass is 10.1. The molecule has 0 bridgehead atoms. The minimum atomic E-state index is -3.74. The first-order valence-electron chi connectivity index (χ1n) is 6.67. The fourth-order valence-electron chi connectivity index (χ4n) is 1.94. The van der Waals surface area contributed by atoms with E-state index in [-0.39, 0.29) is 16.9 Å². The maximum Gasteiger partial charge on any atom is 0.371 e. The molecule has 1 aliphatic rings. The van der Waals surface area contributed by atoms with Gasteiger partial charge in [-0.2, -0.15) is 4.31 Å². The van der Waals surface area contributed by atoms with E-state index in [4.69, 9.17) is 9.52 Å². The molecule has 0 amide bonds. The average molecular weight is 301 g/mol. The molecule has 0 spiro atoms. The molecule has 1 fully saturated rings. The lowest BCUT2D eigenvalue weighted by Gasteiger charge is -2.21. The molecule has 1 N–H and O–H groups in total. The Morgan fingerprint density at radius 3 is 2.55 bits per heavy atom. The predicted octanol–water partition coefficient (Wildman–Crippen LogP) is 2.18. The third-order valence-electron chi connectivity index (χ3n) is 3.24. The maximum absolute atomic E-state index is 12.5. The summed E-state index contributed by atoms with van der Waals surface area (Å²) in [5.74, 6) is -1.23. The lowest BCUT2D eigenvalue weighted by molar-refractivity contribution is 0.0656. The SMILES string of the molecule is CC(C)CCN(C1CC1)S(=O)(=O)c1ccc(C(=O)O)o1. The number of carboxylic acids is 1. The molecular formula is C13H19NO5S. The Morgan fingerprint density at radius 1 is 1.45 bits per heavy atom. The average Bonchev–Trinajstić information content (AvgIpc) is 3.03. The van der Waals surface area contributed by atoms with Gasteiger partial charge in [0.1, 0.15) is 0 Å². The number of aromatic carboxylic acids is 1. The van der Waals surface area contributed by atoms with E-state index in [1.54, 1.807) is 0 Å². The van der Waals surface area contributed by atoms with Gasteiger partial charge in [0.25, 0.3) is 10.0 Å². The number of carbonyl (C=O) groups is 1. The highest BCUT2D eigenvalue weighted by atomic mass is 32.2. The first-order valence-corrected chi connectivity index (χ1v) is 8.11. The third kappa shape index (κ3) is 3.21. The number of nitrogens with zero attached hydrogens (tertiary/aromatic N) is 1. The molecule has 1 heterocycles. The zero-order valence-corrected chi connectivity index (χ0v) is 12.4. The standard InChI is InChI=1S/C13H19NO5S/c1-9(2)7-8-14(10-3-4-10)20(17,18)12-6-5-11(19-12)13(15)16/h5-6,9-10H,3-4,7-8H2,1-2H3,(H,15,16). The van der Waals surface area contributed by atoms with Crippen molar-refractivity contribution >= 4 is 16.0 Å². The molecule has 6 nitrogen and oxygen atoms in total. The smallest absolute Gasteiger partial charge is 0.371 e. The molecule has 2 rings (SSSR count). The van der Waals surface area contributed by atoms with Gasteiger partial charge in [0.05, 0.1) is 0 Å². The number of hydrogen-bond donors (Lipinski definition) is 1. The number of sulfonamides is 1. The summed E-state index contributed by atoms with van der Waals surface area (Å²) in [6, 6.07) is 2.41. The number of rotatable bonds is 7. The molecule has 0 aliphatic heterocycles. The van der Waals surface area contributed by atoms with Crippen molar-refractivity contribution in [1.29, 1.82) is 0 Å². The van der Waals surface area contributed by atoms with Crippen molar-refractivity contribution in [3.8, 4) is 0 Å². The van der Waals surface area contributed by atoms with Crippen LogP contribution < -0.4 is 0 Å². The Labute approximate surface area is 118 Å². The van der Waals surface area contributed by atoms with Crippen LogP contribution in [0.4, 0.5) is 0 Å². The molecule has 0 unspecified atom stereocenters. The molecule has 1 aliphatic carbocycles. The van der Waals surface area contributed by atoms with Crippen LogP contribution in [0.3, 0.4) is 0 Å². The third-order valence-corrected chi connectivity index (χ3v) is 5.06. The minimum absolute atomic E-state index is 0.0251. The van der Waals surface area contributed by atoms with Gasteiger partial charge in [-0.25, -0.2) is 13.2 Å². The Balaban J connectivity index is 2.22. The van der Waals surface area contributed by atoms with Crippen LogP contribution in [0.1, 0.15) is 43.7 Å². The Morgan fingerprint density at radius 2 is 2.10 bits per heavy atom. The largest absolute Gasteiger partial charge is 0.475 e. The zero-order chi connectivity index (χ0) is 14.9. The van der Waals surface area contributed by atoms with Crippen molar-refractivity contribution in [2.45, 2.75) is 44.2 Å². The van der Waals surface area contributed by atoms with Crippen molar-refractivity contribution in [1.82, 2.24) is 4.31 Å². The van der Waals surface area contributed by atoms with Crippen LogP contribution in [-0.2, 0) is 10.0 Å². The van der Waals surface area contributed by atoms with E-state index >= 15 is 0 Å². The molecular weight excluding hydrogens is 282 g/mol. The summed E-state index contributed by atoms with van der Waals surface area (Å²) in [5.41, 5.74) is 0. The minimum Gasteiger partial charge on any atom is -0.475 e. The van der Waals surface area contributed by atoms with Crippen molar-refractivity contribution in [3.05, 3.63) is 17.9 Å². The summed E-state index contributed by atoms with van der Waals surface area (Å²) in [4.78, 5) is 10.8. The van der Waals surface area contributed by atoms with Crippen molar-refractivity contribution in [3.63, 3.8) is 0 Å². The van der Waals surface area contributed by atoms with Gasteiger partial charge in [0.15, 0.2) is 0 Å². The lowest BCUT2D eigenvalue weighted by Crippen LogP contribution is -2.34. The zero-order valence-electron chi connectivity index (χ0n) is 11.6. The first-order chi connectivity index (χ1) is 9.32. The molecule has 112 valence electrons. The van der Waals surface area contributed by atoms with Crippen molar-refractivity contribution < 1.29 is 22.7 Å². The van der Waals surface area contributed by atoms with E-state index in [2.05, 4.69) is 0 Å². The van der Waals surface area contributed by atoms with E-state index in [0.29, 0.717) is 12.5 Å². The van der Waals surface area contributed by atoms with Gasteiger partial charge < -0.3 is 9.52 Å². The van der Waals surface area contributed by atoms with Gasteiger partial charge in [0.2, 0.25) is 10.9 Å². The molecule has 1 aromatic heterocycles. The Kier molecular flexibility index (Phi) is 4.19. The second-order valence-corrected chi connectivity index (χ2v) is 7.27. The molecule has 1 saturated carbocycles. The highest BCUT2D eigenvalue weighted by Crippen LogP contribution is 2.33. The van der Waals surface area contributed by atoms with Gasteiger partial charge in [-0.05, 0) is 37.3 Å². The van der Waals surface area contributed by atoms with Crippen LogP contribution in [0.2, 0.25) is 0 Å². The second-order valence-electron chi connectivity index (χ2n) is 5.45. The predicted molar refractivity (Wildman–Crippen MR) is 72.0 cm³/mol. The van der Waals surface area contributed by atoms with Crippen LogP contribution in [0, 0.1) is 5.92 Å². The maximum atomic E-state index is 12.5. The van der Waals surface area contributed by atoms with E-state index in [1.165, 1.54) is 16.4 Å². The van der Waals surface area contributed by atoms with Crippen molar-refractivity contribution in [2.75, 3.05) is 6.54 Å². The van der Waals surface area contributed by atoms with Gasteiger partial charge >= 0.3 is 5.97 Å². The van der Waals surface area contributed by atoms with Gasteiger partial charge in [-0.15, -0.1) is 0 Å². The first kappa shape index (κ1) is 15.1. The summed E-state index contributed by atoms with van der Waals surface area (Å²) in [7, 11) is -3.74. The summed E-state index contributed by atoms with van der Waals surface area (Å²) in [6.07, 6.45) is 2.47. The molecule has 20 heavy (non-hydrogen) atoms. The van der Waals surface area contributed by atoms with E-state index in [9.17, 15) is 13.2 Å². The van der Waals surface area contributed by atoms with Crippen molar-refractivity contribution in [2.24, 2.45) is 5.92 Å². The quantitative estimate of drug-likeness (QED) is 0.834. The number of hydrogen-bond acceptors (Lipinski definition) is 4. The fraction of sp³-hybridized carbons (Fsp3) is 0.615. The fourth-order valence-corrected chi connectivity index (χ4v) is 3.55. The number of carboxylic acid groups (broad SMARTS) is 1. The second kappa shape index (κ2) is 5.57. The monoisotopic (exact) mass is 301 g/mol. The van der Waals surface area contributed by atoms with Gasteiger partial charge in [-0.1, -0.05) is 13.8 Å². The van der Waals surface area contributed by atoms with E-state index in [1.807, 2.05) is 13.8 Å². The summed E-state index contributed by atoms with van der Waals surface area (Å²) in [5, 5.41) is 8.51. The molecule has 0 aromatic carbocycles. The summed E-state index contributed by atoms with van der Waals surface area (Å²) >= 11 is 0. The van der Waals surface area contributed by atoms with E-state index in [0.717, 1.165) is 19.3 Å². The Hall–Kier alpha value is -1.34. The van der Waals surface area contributed by atoms with Crippen LogP contribution in [0.5, 0.6) is 0 Å². The highest BCUT2D eigenvalue weighted by Gasteiger charge is 2.39. The normalized spacial score (nSPS) is 16.0. The van der Waals surface area contributed by atoms with Crippen LogP contribution in [0.15, 0.2) is 21.6 Å². The summed E-state index contributed by atoms with van der Waals surface area (Å²) < 4.78 is 31.4. The molecule has 7 heteroatoms. The molecule has 0 atom stereocenters. The summed E-state index contributed by atoms with van der Waals surface area (Å²) in [6.45, 7) is 4.51. The van der Waals surface area contributed by atoms with E-state index < -0.39 is 16.0 Å². The topological polar surface area (TPSA) is 87.8 Å². The van der Waals surface area contributed by atoms with Crippen LogP contribution in [0.25, 0.3) is 0 Å². The van der Waals surface area contributed by atoms with Gasteiger partial charge in [0, 0.05) is 12.6 Å². The molecule has 0 saturated heterocycles. The molecule has 1 aromatic rings. The Bertz CT molecular complexity index is 586. The highest BCUT2D eigenvalue weighted by molar-refractivity contribution is 7.89. The van der Waals surface area contributed by atoms with Gasteiger partial charge in [-0.3, -0.25) is 0 Å². The van der Waals surface area contributed by atoms with Crippen LogP contribution in [-0.4, -0.2) is 36.4 Å². The van der Waals surface area contributed by atoms with Crippen LogP contribution >= 0.6 is 0 Å². The number of furan rings is 1.